The molecule has 0 saturated heterocycles. The van der Waals surface area contributed by atoms with Crippen LogP contribution in [-0.4, -0.2) is 18.5 Å². The standard InChI is InChI=1S/C19H29NO3S/c1-4-6-7-8-16(21)20-18-17(19(22)23-11-5-2)14-10-9-13(3)12-15(14)24-18/h13H,4-12H2,1-3H3,(H,20,21). The van der Waals surface area contributed by atoms with E-state index in [0.717, 1.165) is 50.5 Å². The molecule has 1 aromatic heterocycles. The minimum Gasteiger partial charge on any atom is -0.462 e. The number of nitrogens with one attached hydrogen (secondary N) is 1. The number of esters is 1. The first-order chi connectivity index (χ1) is 11.6. The molecule has 0 radical (unpaired) electrons. The average Bonchev–Trinajstić information content (AvgIpc) is 2.89. The third kappa shape index (κ3) is 4.82. The van der Waals surface area contributed by atoms with Gasteiger partial charge in [-0.25, -0.2) is 4.79 Å². The molecule has 4 nitrogen and oxygen atoms in total. The molecule has 1 aromatic rings. The van der Waals surface area contributed by atoms with E-state index in [1.165, 1.54) is 4.88 Å². The molecule has 0 saturated carbocycles. The van der Waals surface area contributed by atoms with Crippen molar-refractivity contribution in [2.75, 3.05) is 11.9 Å². The van der Waals surface area contributed by atoms with Gasteiger partial charge >= 0.3 is 5.97 Å². The molecule has 0 aromatic carbocycles. The van der Waals surface area contributed by atoms with Crippen molar-refractivity contribution in [3.8, 4) is 0 Å². The van der Waals surface area contributed by atoms with Crippen LogP contribution < -0.4 is 5.32 Å². The van der Waals surface area contributed by atoms with Gasteiger partial charge in [-0.2, -0.15) is 0 Å². The number of ether oxygens (including phenoxy) is 1. The third-order valence-corrected chi connectivity index (χ3v) is 5.58. The van der Waals surface area contributed by atoms with Gasteiger partial charge < -0.3 is 10.1 Å². The lowest BCUT2D eigenvalue weighted by atomic mass is 9.88. The van der Waals surface area contributed by atoms with Gasteiger partial charge in [-0.3, -0.25) is 4.79 Å². The molecule has 1 heterocycles. The zero-order chi connectivity index (χ0) is 17.5. The number of hydrogen-bond acceptors (Lipinski definition) is 4. The van der Waals surface area contributed by atoms with Crippen molar-refractivity contribution in [2.45, 2.75) is 72.1 Å². The number of fused-ring (bicyclic) bond motifs is 1. The van der Waals surface area contributed by atoms with Gasteiger partial charge in [0.05, 0.1) is 12.2 Å². The average molecular weight is 352 g/mol. The Morgan fingerprint density at radius 3 is 2.75 bits per heavy atom. The molecule has 24 heavy (non-hydrogen) atoms. The highest BCUT2D eigenvalue weighted by Gasteiger charge is 2.29. The van der Waals surface area contributed by atoms with Crippen LogP contribution in [0, 0.1) is 5.92 Å². The third-order valence-electron chi connectivity index (χ3n) is 4.41. The summed E-state index contributed by atoms with van der Waals surface area (Å²) in [5, 5.41) is 3.67. The molecule has 5 heteroatoms. The zero-order valence-corrected chi connectivity index (χ0v) is 15.9. The van der Waals surface area contributed by atoms with E-state index >= 15 is 0 Å². The molecular weight excluding hydrogens is 322 g/mol. The highest BCUT2D eigenvalue weighted by molar-refractivity contribution is 7.17. The molecule has 1 N–H and O–H groups in total. The first kappa shape index (κ1) is 19.0. The van der Waals surface area contributed by atoms with E-state index < -0.39 is 0 Å². The maximum Gasteiger partial charge on any atom is 0.341 e. The molecule has 2 rings (SSSR count). The van der Waals surface area contributed by atoms with Crippen LogP contribution in [0.5, 0.6) is 0 Å². The maximum absolute atomic E-state index is 12.5. The van der Waals surface area contributed by atoms with Crippen molar-refractivity contribution in [2.24, 2.45) is 5.92 Å². The van der Waals surface area contributed by atoms with Crippen molar-refractivity contribution >= 4 is 28.2 Å². The summed E-state index contributed by atoms with van der Waals surface area (Å²) in [6.07, 6.45) is 7.31. The summed E-state index contributed by atoms with van der Waals surface area (Å²) >= 11 is 1.56. The van der Waals surface area contributed by atoms with E-state index in [2.05, 4.69) is 19.2 Å². The number of amides is 1. The fourth-order valence-corrected chi connectivity index (χ4v) is 4.46. The fourth-order valence-electron chi connectivity index (χ4n) is 3.05. The summed E-state index contributed by atoms with van der Waals surface area (Å²) < 4.78 is 5.37. The summed E-state index contributed by atoms with van der Waals surface area (Å²) in [5.74, 6) is 0.344. The first-order valence-electron chi connectivity index (χ1n) is 9.18. The van der Waals surface area contributed by atoms with Gasteiger partial charge in [0.1, 0.15) is 5.00 Å². The SMILES string of the molecule is CCCCCC(=O)Nc1sc2c(c1C(=O)OCCC)CCC(C)C2. The van der Waals surface area contributed by atoms with E-state index in [1.54, 1.807) is 11.3 Å². The van der Waals surface area contributed by atoms with Gasteiger partial charge in [0.15, 0.2) is 0 Å². The van der Waals surface area contributed by atoms with Crippen LogP contribution in [0.1, 0.15) is 80.1 Å². The van der Waals surface area contributed by atoms with E-state index in [9.17, 15) is 9.59 Å². The highest BCUT2D eigenvalue weighted by atomic mass is 32.1. The van der Waals surface area contributed by atoms with E-state index in [-0.39, 0.29) is 11.9 Å². The van der Waals surface area contributed by atoms with Gasteiger partial charge in [0.25, 0.3) is 0 Å². The quantitative estimate of drug-likeness (QED) is 0.532. The molecular formula is C19H29NO3S. The second-order valence-corrected chi connectivity index (χ2v) is 7.80. The molecule has 0 bridgehead atoms. The van der Waals surface area contributed by atoms with Gasteiger partial charge in [0.2, 0.25) is 5.91 Å². The fraction of sp³-hybridized carbons (Fsp3) is 0.684. The van der Waals surface area contributed by atoms with Crippen molar-refractivity contribution in [3.63, 3.8) is 0 Å². The van der Waals surface area contributed by atoms with E-state index in [4.69, 9.17) is 4.74 Å². The van der Waals surface area contributed by atoms with Crippen LogP contribution in [0.4, 0.5) is 5.00 Å². The number of rotatable bonds is 8. The van der Waals surface area contributed by atoms with Crippen LogP contribution >= 0.6 is 11.3 Å². The number of carbonyl (C=O) groups excluding carboxylic acids is 2. The molecule has 1 atom stereocenters. The van der Waals surface area contributed by atoms with Gasteiger partial charge in [0, 0.05) is 11.3 Å². The predicted molar refractivity (Wildman–Crippen MR) is 98.9 cm³/mol. The Morgan fingerprint density at radius 1 is 1.25 bits per heavy atom. The monoisotopic (exact) mass is 351 g/mol. The minimum absolute atomic E-state index is 0.000336. The Hall–Kier alpha value is -1.36. The first-order valence-corrected chi connectivity index (χ1v) is 9.99. The Morgan fingerprint density at radius 2 is 2.04 bits per heavy atom. The second kappa shape index (κ2) is 9.21. The van der Waals surface area contributed by atoms with Crippen LogP contribution in [0.15, 0.2) is 0 Å². The van der Waals surface area contributed by atoms with E-state index in [0.29, 0.717) is 29.5 Å². The Kier molecular flexibility index (Phi) is 7.28. The predicted octanol–water partition coefficient (Wildman–Crippen LogP) is 4.96. The summed E-state index contributed by atoms with van der Waals surface area (Å²) in [6, 6.07) is 0. The molecule has 1 amide bonds. The summed E-state index contributed by atoms with van der Waals surface area (Å²) in [7, 11) is 0. The molecule has 1 unspecified atom stereocenters. The topological polar surface area (TPSA) is 55.4 Å². The molecule has 1 aliphatic carbocycles. The molecule has 134 valence electrons. The molecule has 1 aliphatic rings. The molecule has 0 aliphatic heterocycles. The normalized spacial score (nSPS) is 16.5. The lowest BCUT2D eigenvalue weighted by molar-refractivity contribution is -0.116. The summed E-state index contributed by atoms with van der Waals surface area (Å²) in [5.41, 5.74) is 1.71. The van der Waals surface area contributed by atoms with Crippen LogP contribution in [0.2, 0.25) is 0 Å². The van der Waals surface area contributed by atoms with Gasteiger partial charge in [-0.1, -0.05) is 33.6 Å². The largest absolute Gasteiger partial charge is 0.462 e. The van der Waals surface area contributed by atoms with Gasteiger partial charge in [-0.15, -0.1) is 11.3 Å². The lowest BCUT2D eigenvalue weighted by Gasteiger charge is -2.18. The minimum atomic E-state index is -0.284. The molecule has 0 spiro atoms. The Balaban J connectivity index is 2.19. The Bertz CT molecular complexity index is 579. The highest BCUT2D eigenvalue weighted by Crippen LogP contribution is 2.40. The number of thiophene rings is 1. The van der Waals surface area contributed by atoms with Crippen LogP contribution in [0.3, 0.4) is 0 Å². The summed E-state index contributed by atoms with van der Waals surface area (Å²) in [4.78, 5) is 25.9. The lowest BCUT2D eigenvalue weighted by Crippen LogP contribution is -2.16. The number of carbonyl (C=O) groups is 2. The number of anilines is 1. The van der Waals surface area contributed by atoms with Crippen molar-refractivity contribution in [1.82, 2.24) is 0 Å². The smallest absolute Gasteiger partial charge is 0.341 e. The van der Waals surface area contributed by atoms with Crippen LogP contribution in [-0.2, 0) is 22.4 Å². The summed E-state index contributed by atoms with van der Waals surface area (Å²) in [6.45, 7) is 6.76. The second-order valence-electron chi connectivity index (χ2n) is 6.70. The zero-order valence-electron chi connectivity index (χ0n) is 15.1. The Labute approximate surface area is 149 Å². The van der Waals surface area contributed by atoms with Crippen molar-refractivity contribution in [1.29, 1.82) is 0 Å². The van der Waals surface area contributed by atoms with Crippen molar-refractivity contribution in [3.05, 3.63) is 16.0 Å². The van der Waals surface area contributed by atoms with E-state index in [1.807, 2.05) is 6.92 Å². The van der Waals surface area contributed by atoms with Gasteiger partial charge in [-0.05, 0) is 43.6 Å². The van der Waals surface area contributed by atoms with Crippen molar-refractivity contribution < 1.29 is 14.3 Å². The molecule has 0 fully saturated rings. The maximum atomic E-state index is 12.5. The van der Waals surface area contributed by atoms with Crippen LogP contribution in [0.25, 0.3) is 0 Å². The number of unbranched alkanes of at least 4 members (excludes halogenated alkanes) is 2. The number of hydrogen-bond donors (Lipinski definition) is 1.